The highest BCUT2D eigenvalue weighted by Gasteiger charge is 2.12. The highest BCUT2D eigenvalue weighted by molar-refractivity contribution is 7.18. The molecule has 0 fully saturated rings. The highest BCUT2D eigenvalue weighted by atomic mass is 32.1. The molecule has 0 amide bonds. The molecule has 3 nitrogen and oxygen atoms in total. The van der Waals surface area contributed by atoms with E-state index in [1.165, 1.54) is 10.4 Å². The van der Waals surface area contributed by atoms with Gasteiger partial charge in [0, 0.05) is 17.6 Å². The first-order valence-electron chi connectivity index (χ1n) is 7.11. The van der Waals surface area contributed by atoms with Crippen molar-refractivity contribution in [3.05, 3.63) is 47.1 Å². The monoisotopic (exact) mass is 297 g/mol. The lowest BCUT2D eigenvalue weighted by atomic mass is 10.0. The fraction of sp³-hybridized carbons (Fsp3) is 0.294. The average molecular weight is 297 g/mol. The van der Waals surface area contributed by atoms with Crippen LogP contribution in [-0.4, -0.2) is 17.0 Å². The first-order valence-corrected chi connectivity index (χ1v) is 7.92. The molecule has 0 aliphatic carbocycles. The number of aromatic nitrogens is 2. The summed E-state index contributed by atoms with van der Waals surface area (Å²) in [7, 11) is 2.05. The van der Waals surface area contributed by atoms with E-state index in [0.29, 0.717) is 5.92 Å². The van der Waals surface area contributed by atoms with Gasteiger partial charge in [0.2, 0.25) is 0 Å². The molecule has 0 radical (unpaired) electrons. The third-order valence-corrected chi connectivity index (χ3v) is 4.65. The van der Waals surface area contributed by atoms with Gasteiger partial charge in [-0.25, -0.2) is 9.97 Å². The van der Waals surface area contributed by atoms with Crippen LogP contribution in [0.5, 0.6) is 0 Å². The Morgan fingerprint density at radius 3 is 2.48 bits per heavy atom. The third-order valence-electron chi connectivity index (χ3n) is 3.70. The van der Waals surface area contributed by atoms with Gasteiger partial charge in [0.1, 0.15) is 17.0 Å². The van der Waals surface area contributed by atoms with Crippen LogP contribution in [0.15, 0.2) is 36.7 Å². The second kappa shape index (κ2) is 5.45. The Hall–Kier alpha value is -1.94. The minimum atomic E-state index is 0.551. The summed E-state index contributed by atoms with van der Waals surface area (Å²) in [6, 6.07) is 10.8. The first-order chi connectivity index (χ1) is 10.1. The predicted octanol–water partition coefficient (Wildman–Crippen LogP) is 4.89. The Morgan fingerprint density at radius 1 is 1.10 bits per heavy atom. The van der Waals surface area contributed by atoms with Crippen LogP contribution in [0, 0.1) is 6.92 Å². The van der Waals surface area contributed by atoms with Crippen molar-refractivity contribution in [1.82, 2.24) is 9.97 Å². The van der Waals surface area contributed by atoms with Crippen LogP contribution in [0.1, 0.15) is 30.2 Å². The van der Waals surface area contributed by atoms with Gasteiger partial charge in [0.25, 0.3) is 0 Å². The second-order valence-corrected chi connectivity index (χ2v) is 6.81. The lowest BCUT2D eigenvalue weighted by Gasteiger charge is -2.19. The largest absolute Gasteiger partial charge is 0.329 e. The molecule has 3 aromatic rings. The minimum Gasteiger partial charge on any atom is -0.329 e. The van der Waals surface area contributed by atoms with E-state index in [1.54, 1.807) is 17.7 Å². The number of hydrogen-bond donors (Lipinski definition) is 0. The maximum Gasteiger partial charge on any atom is 0.144 e. The Kier molecular flexibility index (Phi) is 3.64. The molecular weight excluding hydrogens is 278 g/mol. The van der Waals surface area contributed by atoms with Crippen molar-refractivity contribution in [1.29, 1.82) is 0 Å². The van der Waals surface area contributed by atoms with Gasteiger partial charge in [-0.2, -0.15) is 0 Å². The van der Waals surface area contributed by atoms with Crippen molar-refractivity contribution in [3.63, 3.8) is 0 Å². The molecule has 0 N–H and O–H groups in total. The zero-order valence-corrected chi connectivity index (χ0v) is 13.6. The SMILES string of the molecule is Cc1cc2c(N(C)c3ccc(C(C)C)cc3)ncnc2s1. The van der Waals surface area contributed by atoms with E-state index in [4.69, 9.17) is 0 Å². The summed E-state index contributed by atoms with van der Waals surface area (Å²) in [6.45, 7) is 6.52. The maximum absolute atomic E-state index is 4.48. The number of benzene rings is 1. The molecular formula is C17H19N3S. The molecule has 21 heavy (non-hydrogen) atoms. The summed E-state index contributed by atoms with van der Waals surface area (Å²) in [5.74, 6) is 1.51. The zero-order chi connectivity index (χ0) is 15.0. The first kappa shape index (κ1) is 14.0. The van der Waals surface area contributed by atoms with Crippen molar-refractivity contribution >= 4 is 33.1 Å². The Morgan fingerprint density at radius 2 is 1.81 bits per heavy atom. The molecule has 0 spiro atoms. The number of rotatable bonds is 3. The molecule has 0 saturated heterocycles. The average Bonchev–Trinajstić information content (AvgIpc) is 2.86. The fourth-order valence-electron chi connectivity index (χ4n) is 2.44. The molecule has 0 saturated carbocycles. The van der Waals surface area contributed by atoms with Crippen molar-refractivity contribution in [2.45, 2.75) is 26.7 Å². The van der Waals surface area contributed by atoms with Crippen molar-refractivity contribution < 1.29 is 0 Å². The molecule has 0 atom stereocenters. The van der Waals surface area contributed by atoms with Crippen LogP contribution in [0.3, 0.4) is 0 Å². The Labute approximate surface area is 129 Å². The molecule has 0 aliphatic heterocycles. The smallest absolute Gasteiger partial charge is 0.144 e. The number of thiophene rings is 1. The Balaban J connectivity index is 2.01. The van der Waals surface area contributed by atoms with E-state index >= 15 is 0 Å². The van der Waals surface area contributed by atoms with Crippen LogP contribution in [0.2, 0.25) is 0 Å². The highest BCUT2D eigenvalue weighted by Crippen LogP contribution is 2.32. The number of anilines is 2. The molecule has 2 heterocycles. The van der Waals surface area contributed by atoms with E-state index in [2.05, 4.69) is 73.0 Å². The van der Waals surface area contributed by atoms with Gasteiger partial charge in [-0.1, -0.05) is 26.0 Å². The molecule has 0 unspecified atom stereocenters. The van der Waals surface area contributed by atoms with Gasteiger partial charge >= 0.3 is 0 Å². The van der Waals surface area contributed by atoms with E-state index in [-0.39, 0.29) is 0 Å². The minimum absolute atomic E-state index is 0.551. The van der Waals surface area contributed by atoms with Crippen molar-refractivity contribution in [2.75, 3.05) is 11.9 Å². The van der Waals surface area contributed by atoms with E-state index in [0.717, 1.165) is 21.7 Å². The summed E-state index contributed by atoms with van der Waals surface area (Å²) in [5, 5.41) is 1.12. The van der Waals surface area contributed by atoms with Crippen LogP contribution < -0.4 is 4.90 Å². The summed E-state index contributed by atoms with van der Waals surface area (Å²) >= 11 is 1.71. The fourth-order valence-corrected chi connectivity index (χ4v) is 3.28. The standard InChI is InChI=1S/C17H19N3S/c1-11(2)13-5-7-14(8-6-13)20(4)16-15-9-12(3)21-17(15)19-10-18-16/h5-11H,1-4H3. The van der Waals surface area contributed by atoms with Gasteiger partial charge in [-0.15, -0.1) is 11.3 Å². The van der Waals surface area contributed by atoms with Crippen LogP contribution in [0.25, 0.3) is 10.2 Å². The predicted molar refractivity (Wildman–Crippen MR) is 90.7 cm³/mol. The van der Waals surface area contributed by atoms with Gasteiger partial charge in [-0.05, 0) is 36.6 Å². The van der Waals surface area contributed by atoms with Gasteiger partial charge in [0.15, 0.2) is 0 Å². The quantitative estimate of drug-likeness (QED) is 0.689. The summed E-state index contributed by atoms with van der Waals surface area (Å²) in [6.07, 6.45) is 1.65. The summed E-state index contributed by atoms with van der Waals surface area (Å²) < 4.78 is 0. The lowest BCUT2D eigenvalue weighted by molar-refractivity contribution is 0.866. The van der Waals surface area contributed by atoms with E-state index in [9.17, 15) is 0 Å². The molecule has 108 valence electrons. The van der Waals surface area contributed by atoms with E-state index < -0.39 is 0 Å². The molecule has 0 bridgehead atoms. The van der Waals surface area contributed by atoms with Crippen LogP contribution in [0.4, 0.5) is 11.5 Å². The molecule has 0 aliphatic rings. The molecule has 4 heteroatoms. The van der Waals surface area contributed by atoms with Crippen LogP contribution in [-0.2, 0) is 0 Å². The maximum atomic E-state index is 4.48. The second-order valence-electron chi connectivity index (χ2n) is 5.58. The molecule has 3 rings (SSSR count). The lowest BCUT2D eigenvalue weighted by Crippen LogP contribution is -2.11. The van der Waals surface area contributed by atoms with Crippen molar-refractivity contribution in [3.8, 4) is 0 Å². The summed E-state index contributed by atoms with van der Waals surface area (Å²) in [4.78, 5) is 13.3. The summed E-state index contributed by atoms with van der Waals surface area (Å²) in [5.41, 5.74) is 2.50. The Bertz CT molecular complexity index is 759. The third kappa shape index (κ3) is 2.63. The molecule has 2 aromatic heterocycles. The normalized spacial score (nSPS) is 11.3. The van der Waals surface area contributed by atoms with Gasteiger partial charge in [0.05, 0.1) is 5.39 Å². The van der Waals surface area contributed by atoms with Gasteiger partial charge in [-0.3, -0.25) is 0 Å². The number of aryl methyl sites for hydroxylation is 1. The topological polar surface area (TPSA) is 29.0 Å². The number of hydrogen-bond acceptors (Lipinski definition) is 4. The number of fused-ring (bicyclic) bond motifs is 1. The number of nitrogens with zero attached hydrogens (tertiary/aromatic N) is 3. The zero-order valence-electron chi connectivity index (χ0n) is 12.8. The van der Waals surface area contributed by atoms with Gasteiger partial charge < -0.3 is 4.90 Å². The molecule has 1 aromatic carbocycles. The van der Waals surface area contributed by atoms with E-state index in [1.807, 2.05) is 0 Å². The van der Waals surface area contributed by atoms with Crippen molar-refractivity contribution in [2.24, 2.45) is 0 Å². The van der Waals surface area contributed by atoms with Crippen LogP contribution >= 0.6 is 11.3 Å².